The molecule has 0 spiro atoms. The lowest BCUT2D eigenvalue weighted by Crippen LogP contribution is -2.38. The highest BCUT2D eigenvalue weighted by atomic mass is 32.3. The van der Waals surface area contributed by atoms with Crippen LogP contribution in [0.15, 0.2) is 36.4 Å². The van der Waals surface area contributed by atoms with Crippen molar-refractivity contribution in [3.05, 3.63) is 58.7 Å². The number of aromatic hydroxyl groups is 1. The van der Waals surface area contributed by atoms with Crippen molar-refractivity contribution in [3.8, 4) is 5.75 Å². The smallest absolute Gasteiger partial charge is 0.256 e. The summed E-state index contributed by atoms with van der Waals surface area (Å²) in [6.45, 7) is 5.26. The second-order valence-corrected chi connectivity index (χ2v) is 10.9. The lowest BCUT2D eigenvalue weighted by Gasteiger charge is -2.41. The third-order valence-corrected chi connectivity index (χ3v) is 7.57. The summed E-state index contributed by atoms with van der Waals surface area (Å²) < 4.78 is 19.6. The van der Waals surface area contributed by atoms with Crippen LogP contribution in [0, 0.1) is 13.8 Å². The number of aryl methyl sites for hydroxylation is 2. The lowest BCUT2D eigenvalue weighted by molar-refractivity contribution is 0.100. The minimum Gasteiger partial charge on any atom is -0.507 e. The number of benzene rings is 2. The molecule has 1 saturated heterocycles. The van der Waals surface area contributed by atoms with Crippen LogP contribution in [0.3, 0.4) is 0 Å². The average Bonchev–Trinajstić information content (AvgIpc) is 3.19. The number of nitrogens with two attached hydrogens (primary N) is 1. The van der Waals surface area contributed by atoms with Crippen molar-refractivity contribution >= 4 is 39.5 Å². The molecule has 2 heterocycles. The van der Waals surface area contributed by atoms with Crippen LogP contribution in [0.25, 0.3) is 0 Å². The van der Waals surface area contributed by atoms with Gasteiger partial charge in [0.15, 0.2) is 5.82 Å². The van der Waals surface area contributed by atoms with E-state index in [2.05, 4.69) is 25.7 Å². The van der Waals surface area contributed by atoms with E-state index in [1.165, 1.54) is 0 Å². The van der Waals surface area contributed by atoms with Crippen molar-refractivity contribution in [1.29, 1.82) is 0 Å². The van der Waals surface area contributed by atoms with E-state index in [1.807, 2.05) is 50.2 Å². The summed E-state index contributed by atoms with van der Waals surface area (Å²) in [6.07, 6.45) is 0. The quantitative estimate of drug-likeness (QED) is 0.266. The van der Waals surface area contributed by atoms with E-state index in [9.17, 15) is 19.0 Å². The van der Waals surface area contributed by atoms with Crippen LogP contribution in [0.4, 0.5) is 23.0 Å². The maximum absolute atomic E-state index is 12.2. The molecule has 1 fully saturated rings. The van der Waals surface area contributed by atoms with Gasteiger partial charge in [-0.3, -0.25) is 19.0 Å². The minimum atomic E-state index is -2.44. The molecule has 0 unspecified atom stereocenters. The number of phenols is 1. The van der Waals surface area contributed by atoms with Crippen LogP contribution < -0.4 is 21.3 Å². The number of primary amides is 1. The SMILES string of the molecule is Cc1cc(CNc2n[nH]c(Nc3ccc(N4CCS(O)(O)CC4)cc3)c2C(N)=O)cc(C)c1O. The first-order chi connectivity index (χ1) is 16.1. The van der Waals surface area contributed by atoms with E-state index < -0.39 is 16.5 Å². The Hall–Kier alpha value is -3.41. The van der Waals surface area contributed by atoms with Gasteiger partial charge in [-0.1, -0.05) is 12.1 Å². The number of carbonyl (C=O) groups excluding carboxylic acids is 1. The Morgan fingerprint density at radius 3 is 2.35 bits per heavy atom. The molecule has 10 nitrogen and oxygen atoms in total. The summed E-state index contributed by atoms with van der Waals surface area (Å²) in [7, 11) is -2.44. The van der Waals surface area contributed by atoms with Crippen molar-refractivity contribution in [2.24, 2.45) is 5.73 Å². The number of phenolic OH excluding ortho intramolecular Hbond substituents is 1. The molecule has 3 aromatic rings. The van der Waals surface area contributed by atoms with Crippen LogP contribution in [0.2, 0.25) is 0 Å². The Labute approximate surface area is 199 Å². The zero-order chi connectivity index (χ0) is 24.5. The predicted molar refractivity (Wildman–Crippen MR) is 137 cm³/mol. The molecular weight excluding hydrogens is 456 g/mol. The van der Waals surface area contributed by atoms with Crippen molar-refractivity contribution in [3.63, 3.8) is 0 Å². The molecule has 0 aliphatic carbocycles. The van der Waals surface area contributed by atoms with Gasteiger partial charge >= 0.3 is 0 Å². The summed E-state index contributed by atoms with van der Waals surface area (Å²) in [6, 6.07) is 11.4. The van der Waals surface area contributed by atoms with Gasteiger partial charge in [0.2, 0.25) is 0 Å². The van der Waals surface area contributed by atoms with Gasteiger partial charge in [0, 0.05) is 31.0 Å². The number of hydrogen-bond acceptors (Lipinski definition) is 8. The number of amides is 1. The van der Waals surface area contributed by atoms with Crippen LogP contribution in [-0.2, 0) is 6.54 Å². The third-order valence-electron chi connectivity index (χ3n) is 5.90. The fourth-order valence-corrected chi connectivity index (χ4v) is 5.25. The van der Waals surface area contributed by atoms with Gasteiger partial charge in [0.05, 0.1) is 11.5 Å². The summed E-state index contributed by atoms with van der Waals surface area (Å²) >= 11 is 0. The first kappa shape index (κ1) is 23.7. The third kappa shape index (κ3) is 5.22. The highest BCUT2D eigenvalue weighted by Gasteiger charge is 2.23. The maximum Gasteiger partial charge on any atom is 0.256 e. The highest BCUT2D eigenvalue weighted by molar-refractivity contribution is 8.24. The van der Waals surface area contributed by atoms with Gasteiger partial charge in [-0.15, -0.1) is 0 Å². The minimum absolute atomic E-state index is 0.220. The molecule has 182 valence electrons. The van der Waals surface area contributed by atoms with Crippen molar-refractivity contribution < 1.29 is 19.0 Å². The standard InChI is InChI=1S/C23H30N6O4S/c1-14-11-16(12-15(2)20(14)30)13-25-22-19(21(24)31)23(28-27-22)26-17-3-5-18(6-4-17)29-7-9-34(32,33)10-8-29/h3-6,11-12,30,32-33H,7-10,13H2,1-2H3,(H2,24,31)(H3,25,26,27,28). The molecule has 34 heavy (non-hydrogen) atoms. The number of aromatic nitrogens is 2. The van der Waals surface area contributed by atoms with E-state index in [0.29, 0.717) is 42.8 Å². The molecule has 0 bridgehead atoms. The summed E-state index contributed by atoms with van der Waals surface area (Å²) in [4.78, 5) is 14.3. The fourth-order valence-electron chi connectivity index (χ4n) is 4.02. The number of hydrogen-bond donors (Lipinski definition) is 7. The Kier molecular flexibility index (Phi) is 6.60. The zero-order valence-electron chi connectivity index (χ0n) is 19.1. The Morgan fingerprint density at radius 2 is 1.76 bits per heavy atom. The molecule has 0 radical (unpaired) electrons. The van der Waals surface area contributed by atoms with Crippen molar-refractivity contribution in [2.45, 2.75) is 20.4 Å². The van der Waals surface area contributed by atoms with E-state index in [4.69, 9.17) is 5.73 Å². The first-order valence-corrected chi connectivity index (χ1v) is 12.8. The number of nitrogens with zero attached hydrogens (tertiary/aromatic N) is 2. The molecule has 1 aromatic heterocycles. The number of carbonyl (C=O) groups is 1. The molecule has 2 aromatic carbocycles. The van der Waals surface area contributed by atoms with Gasteiger partial charge in [0.25, 0.3) is 5.91 Å². The number of rotatable bonds is 7. The number of aromatic amines is 1. The zero-order valence-corrected chi connectivity index (χ0v) is 19.9. The van der Waals surface area contributed by atoms with Gasteiger partial charge in [-0.2, -0.15) is 15.7 Å². The second-order valence-electron chi connectivity index (χ2n) is 8.49. The highest BCUT2D eigenvalue weighted by Crippen LogP contribution is 2.41. The molecule has 1 aliphatic rings. The van der Waals surface area contributed by atoms with Gasteiger partial charge in [0.1, 0.15) is 17.1 Å². The number of H-pyrrole nitrogens is 1. The van der Waals surface area contributed by atoms with E-state index in [1.54, 1.807) is 0 Å². The second kappa shape index (κ2) is 9.45. The Bertz CT molecular complexity index is 1160. The largest absolute Gasteiger partial charge is 0.507 e. The Balaban J connectivity index is 1.45. The van der Waals surface area contributed by atoms with Gasteiger partial charge < -0.3 is 26.4 Å². The van der Waals surface area contributed by atoms with Crippen molar-refractivity contribution in [1.82, 2.24) is 10.2 Å². The fraction of sp³-hybridized carbons (Fsp3) is 0.304. The van der Waals surface area contributed by atoms with E-state index in [-0.39, 0.29) is 11.3 Å². The van der Waals surface area contributed by atoms with Crippen molar-refractivity contribution in [2.75, 3.05) is 40.1 Å². The summed E-state index contributed by atoms with van der Waals surface area (Å²) in [5.41, 5.74) is 10.1. The summed E-state index contributed by atoms with van der Waals surface area (Å²) in [5.74, 6) is 1.12. The summed E-state index contributed by atoms with van der Waals surface area (Å²) in [5, 5.41) is 23.3. The molecule has 1 amide bonds. The topological polar surface area (TPSA) is 160 Å². The molecule has 8 N–H and O–H groups in total. The van der Waals surface area contributed by atoms with Gasteiger partial charge in [-0.05, 0) is 54.8 Å². The lowest BCUT2D eigenvalue weighted by atomic mass is 10.1. The Morgan fingerprint density at radius 1 is 1.15 bits per heavy atom. The monoisotopic (exact) mass is 486 g/mol. The van der Waals surface area contributed by atoms with Crippen LogP contribution in [0.1, 0.15) is 27.0 Å². The average molecular weight is 487 g/mol. The number of anilines is 4. The van der Waals surface area contributed by atoms with E-state index in [0.717, 1.165) is 28.1 Å². The molecule has 0 atom stereocenters. The van der Waals surface area contributed by atoms with Crippen LogP contribution in [-0.4, -0.2) is 54.9 Å². The van der Waals surface area contributed by atoms with Crippen LogP contribution >= 0.6 is 10.6 Å². The molecule has 11 heteroatoms. The van der Waals surface area contributed by atoms with E-state index >= 15 is 0 Å². The molecule has 0 saturated carbocycles. The normalized spacial score (nSPS) is 16.2. The number of nitrogens with one attached hydrogen (secondary N) is 3. The van der Waals surface area contributed by atoms with Crippen LogP contribution in [0.5, 0.6) is 5.75 Å². The maximum atomic E-state index is 12.2. The predicted octanol–water partition coefficient (Wildman–Crippen LogP) is 3.76. The first-order valence-electron chi connectivity index (χ1n) is 10.9. The molecule has 1 aliphatic heterocycles. The molecule has 4 rings (SSSR count). The molecular formula is C23H30N6O4S. The van der Waals surface area contributed by atoms with Gasteiger partial charge in [-0.25, -0.2) is 0 Å².